The lowest BCUT2D eigenvalue weighted by molar-refractivity contribution is 0.0736. The third-order valence-corrected chi connectivity index (χ3v) is 5.43. The van der Waals surface area contributed by atoms with E-state index < -0.39 is 0 Å². The highest BCUT2D eigenvalue weighted by molar-refractivity contribution is 7.13. The van der Waals surface area contributed by atoms with Crippen LogP contribution in [0.25, 0.3) is 10.6 Å². The summed E-state index contributed by atoms with van der Waals surface area (Å²) in [5.74, 6) is 2.04. The summed E-state index contributed by atoms with van der Waals surface area (Å²) in [6.07, 6.45) is 0. The second-order valence-electron chi connectivity index (χ2n) is 6.56. The van der Waals surface area contributed by atoms with Crippen molar-refractivity contribution in [2.45, 2.75) is 13.8 Å². The molecule has 1 saturated heterocycles. The molecule has 3 aromatic rings. The van der Waals surface area contributed by atoms with E-state index in [0.717, 1.165) is 22.9 Å². The van der Waals surface area contributed by atoms with Gasteiger partial charge in [0.2, 0.25) is 5.95 Å². The lowest BCUT2D eigenvalue weighted by atomic mass is 10.2. The van der Waals surface area contributed by atoms with Crippen LogP contribution in [0.15, 0.2) is 34.2 Å². The molecule has 0 unspecified atom stereocenters. The number of aryl methyl sites for hydroxylation is 1. The zero-order valence-electron chi connectivity index (χ0n) is 15.9. The first-order valence-electron chi connectivity index (χ1n) is 9.28. The monoisotopic (exact) mass is 398 g/mol. The molecule has 0 aliphatic carbocycles. The van der Waals surface area contributed by atoms with Crippen molar-refractivity contribution in [3.63, 3.8) is 0 Å². The lowest BCUT2D eigenvalue weighted by Gasteiger charge is -2.34. The van der Waals surface area contributed by atoms with Gasteiger partial charge < -0.3 is 19.6 Å². The maximum absolute atomic E-state index is 12.8. The van der Waals surface area contributed by atoms with E-state index >= 15 is 0 Å². The normalized spacial score (nSPS) is 14.4. The summed E-state index contributed by atoms with van der Waals surface area (Å²) in [4.78, 5) is 26.8. The van der Waals surface area contributed by atoms with Crippen LogP contribution in [0.4, 0.5) is 11.8 Å². The van der Waals surface area contributed by atoms with Gasteiger partial charge in [-0.2, -0.15) is 4.98 Å². The zero-order valence-corrected chi connectivity index (χ0v) is 16.7. The third-order valence-electron chi connectivity index (χ3n) is 4.54. The Bertz CT molecular complexity index is 947. The van der Waals surface area contributed by atoms with Gasteiger partial charge in [0.05, 0.1) is 4.88 Å². The van der Waals surface area contributed by atoms with Crippen LogP contribution >= 0.6 is 11.3 Å². The van der Waals surface area contributed by atoms with Gasteiger partial charge >= 0.3 is 0 Å². The summed E-state index contributed by atoms with van der Waals surface area (Å²) >= 11 is 1.56. The first kappa shape index (κ1) is 18.4. The van der Waals surface area contributed by atoms with Crippen molar-refractivity contribution in [1.82, 2.24) is 20.0 Å². The minimum absolute atomic E-state index is 0.107. The fraction of sp³-hybridized carbons (Fsp3) is 0.368. The van der Waals surface area contributed by atoms with Gasteiger partial charge in [-0.1, -0.05) is 11.2 Å². The van der Waals surface area contributed by atoms with Crippen LogP contribution in [0.2, 0.25) is 0 Å². The van der Waals surface area contributed by atoms with Gasteiger partial charge in [-0.05, 0) is 25.3 Å². The van der Waals surface area contributed by atoms with Crippen LogP contribution in [0.3, 0.4) is 0 Å². The standard InChI is InChI=1S/C19H22N6O2S/c1-3-20-17-11-13(2)21-19(22-17)25-8-6-24(7-9-25)18(26)14-12-15(27-23-14)16-5-4-10-28-16/h4-5,10-12H,3,6-9H2,1-2H3,(H,20,21,22). The van der Waals surface area contributed by atoms with Crippen molar-refractivity contribution in [2.24, 2.45) is 0 Å². The van der Waals surface area contributed by atoms with Gasteiger partial charge in [0, 0.05) is 50.6 Å². The molecular weight excluding hydrogens is 376 g/mol. The molecule has 1 aliphatic heterocycles. The summed E-state index contributed by atoms with van der Waals surface area (Å²) in [5, 5.41) is 9.16. The smallest absolute Gasteiger partial charge is 0.276 e. The second kappa shape index (κ2) is 7.97. The molecule has 0 saturated carbocycles. The largest absolute Gasteiger partial charge is 0.370 e. The molecule has 4 heterocycles. The third kappa shape index (κ3) is 3.84. The molecular formula is C19H22N6O2S. The van der Waals surface area contributed by atoms with E-state index in [0.29, 0.717) is 43.6 Å². The predicted octanol–water partition coefficient (Wildman–Crippen LogP) is 2.90. The average Bonchev–Trinajstić information content (AvgIpc) is 3.39. The van der Waals surface area contributed by atoms with Crippen molar-refractivity contribution >= 4 is 29.0 Å². The van der Waals surface area contributed by atoms with Crippen LogP contribution in [0.1, 0.15) is 23.1 Å². The number of anilines is 2. The van der Waals surface area contributed by atoms with Crippen molar-refractivity contribution in [1.29, 1.82) is 0 Å². The van der Waals surface area contributed by atoms with Gasteiger partial charge in [0.1, 0.15) is 5.82 Å². The Kier molecular flexibility index (Phi) is 5.25. The van der Waals surface area contributed by atoms with E-state index in [-0.39, 0.29) is 5.91 Å². The van der Waals surface area contributed by atoms with Gasteiger partial charge in [0.15, 0.2) is 11.5 Å². The number of rotatable bonds is 5. The molecule has 3 aromatic heterocycles. The van der Waals surface area contributed by atoms with Gasteiger partial charge in [-0.25, -0.2) is 4.98 Å². The number of hydrogen-bond acceptors (Lipinski definition) is 8. The van der Waals surface area contributed by atoms with E-state index in [2.05, 4.69) is 25.3 Å². The highest BCUT2D eigenvalue weighted by Gasteiger charge is 2.26. The number of aromatic nitrogens is 3. The highest BCUT2D eigenvalue weighted by atomic mass is 32.1. The number of carbonyl (C=O) groups excluding carboxylic acids is 1. The predicted molar refractivity (Wildman–Crippen MR) is 109 cm³/mol. The fourth-order valence-electron chi connectivity index (χ4n) is 3.15. The Morgan fingerprint density at radius 3 is 2.79 bits per heavy atom. The highest BCUT2D eigenvalue weighted by Crippen LogP contribution is 2.25. The van der Waals surface area contributed by atoms with E-state index in [1.54, 1.807) is 22.3 Å². The van der Waals surface area contributed by atoms with E-state index in [1.165, 1.54) is 0 Å². The minimum atomic E-state index is -0.107. The summed E-state index contributed by atoms with van der Waals surface area (Å²) in [5.41, 5.74) is 1.27. The fourth-order valence-corrected chi connectivity index (χ4v) is 3.82. The van der Waals surface area contributed by atoms with Crippen LogP contribution in [-0.2, 0) is 0 Å². The number of piperazine rings is 1. The molecule has 1 aliphatic rings. The molecule has 0 spiro atoms. The molecule has 9 heteroatoms. The Hall–Kier alpha value is -2.94. The lowest BCUT2D eigenvalue weighted by Crippen LogP contribution is -2.49. The van der Waals surface area contributed by atoms with Crippen LogP contribution in [-0.4, -0.2) is 58.7 Å². The maximum Gasteiger partial charge on any atom is 0.276 e. The molecule has 0 radical (unpaired) electrons. The molecule has 0 atom stereocenters. The first-order valence-corrected chi connectivity index (χ1v) is 10.2. The van der Waals surface area contributed by atoms with Crippen LogP contribution < -0.4 is 10.2 Å². The number of nitrogens with zero attached hydrogens (tertiary/aromatic N) is 5. The molecule has 0 aromatic carbocycles. The minimum Gasteiger partial charge on any atom is -0.370 e. The van der Waals surface area contributed by atoms with Crippen molar-refractivity contribution in [3.05, 3.63) is 41.0 Å². The molecule has 8 nitrogen and oxygen atoms in total. The Morgan fingerprint density at radius 2 is 2.07 bits per heavy atom. The number of thiophene rings is 1. The molecule has 146 valence electrons. The molecule has 0 bridgehead atoms. The zero-order chi connectivity index (χ0) is 19.5. The molecule has 1 amide bonds. The molecule has 28 heavy (non-hydrogen) atoms. The van der Waals surface area contributed by atoms with Crippen molar-refractivity contribution in [3.8, 4) is 10.6 Å². The van der Waals surface area contributed by atoms with Crippen molar-refractivity contribution < 1.29 is 9.32 Å². The van der Waals surface area contributed by atoms with Crippen LogP contribution in [0, 0.1) is 6.92 Å². The number of amides is 1. The van der Waals surface area contributed by atoms with E-state index in [9.17, 15) is 4.79 Å². The SMILES string of the molecule is CCNc1cc(C)nc(N2CCN(C(=O)c3cc(-c4cccs4)on3)CC2)n1. The van der Waals surface area contributed by atoms with Gasteiger partial charge in [-0.3, -0.25) is 4.79 Å². The summed E-state index contributed by atoms with van der Waals surface area (Å²) in [7, 11) is 0. The number of hydrogen-bond donors (Lipinski definition) is 1. The first-order chi connectivity index (χ1) is 13.6. The van der Waals surface area contributed by atoms with Crippen LogP contribution in [0.5, 0.6) is 0 Å². The van der Waals surface area contributed by atoms with Gasteiger partial charge in [0.25, 0.3) is 5.91 Å². The van der Waals surface area contributed by atoms with Gasteiger partial charge in [-0.15, -0.1) is 11.3 Å². The van der Waals surface area contributed by atoms with Crippen molar-refractivity contribution in [2.75, 3.05) is 42.9 Å². The summed E-state index contributed by atoms with van der Waals surface area (Å²) < 4.78 is 5.34. The molecule has 1 N–H and O–H groups in total. The number of nitrogens with one attached hydrogen (secondary N) is 1. The molecule has 4 rings (SSSR count). The Balaban J connectivity index is 1.41. The quantitative estimate of drug-likeness (QED) is 0.707. The Morgan fingerprint density at radius 1 is 1.25 bits per heavy atom. The Labute approximate surface area is 167 Å². The second-order valence-corrected chi connectivity index (χ2v) is 7.51. The average molecular weight is 398 g/mol. The topological polar surface area (TPSA) is 87.4 Å². The molecule has 1 fully saturated rings. The van der Waals surface area contributed by atoms with E-state index in [4.69, 9.17) is 4.52 Å². The summed E-state index contributed by atoms with van der Waals surface area (Å²) in [6, 6.07) is 7.54. The maximum atomic E-state index is 12.8. The summed E-state index contributed by atoms with van der Waals surface area (Å²) in [6.45, 7) is 7.34. The number of carbonyl (C=O) groups is 1. The van der Waals surface area contributed by atoms with E-state index in [1.807, 2.05) is 37.4 Å².